The van der Waals surface area contributed by atoms with Crippen LogP contribution in [-0.2, 0) is 37.5 Å². The molecule has 0 saturated carbocycles. The summed E-state index contributed by atoms with van der Waals surface area (Å²) >= 11 is -1.81. The van der Waals surface area contributed by atoms with Crippen LogP contribution in [0.4, 0.5) is 0 Å². The predicted molar refractivity (Wildman–Crippen MR) is 36.5 cm³/mol. The molecule has 0 radical (unpaired) electrons. The Kier molecular flexibility index (Phi) is 11.7. The summed E-state index contributed by atoms with van der Waals surface area (Å²) in [6.07, 6.45) is 0. The zero-order valence-corrected chi connectivity index (χ0v) is 12.8. The number of hydrogen-bond donors (Lipinski definition) is 0. The van der Waals surface area contributed by atoms with Crippen LogP contribution in [0.2, 0.25) is 0 Å². The third kappa shape index (κ3) is 10.5. The fourth-order valence-electron chi connectivity index (χ4n) is 0.309. The molecule has 10 nitrogen and oxygen atoms in total. The van der Waals surface area contributed by atoms with E-state index in [0.29, 0.717) is 0 Å². The molecule has 0 aromatic rings. The third-order valence-electron chi connectivity index (χ3n) is 0.644. The third-order valence-corrected chi connectivity index (χ3v) is 5.80. The van der Waals surface area contributed by atoms with Crippen molar-refractivity contribution in [2.24, 2.45) is 0 Å². The molecular formula is AlLiO10Si4. The molecule has 0 aromatic heterocycles. The average Bonchev–Trinajstić information content (AvgIpc) is 2.00. The maximum atomic E-state index is 10.7. The van der Waals surface area contributed by atoms with E-state index in [0.717, 1.165) is 0 Å². The van der Waals surface area contributed by atoms with Crippen molar-refractivity contribution >= 4 is 52.2 Å². The van der Waals surface area contributed by atoms with Crippen molar-refractivity contribution < 1.29 is 61.1 Å². The van der Waals surface area contributed by atoms with Gasteiger partial charge in [0.1, 0.15) is 0 Å². The number of hydrogen-bond acceptors (Lipinski definition) is 10. The summed E-state index contributed by atoms with van der Waals surface area (Å²) in [4.78, 5) is 9.86. The van der Waals surface area contributed by atoms with Crippen LogP contribution in [0.15, 0.2) is 0 Å². The summed E-state index contributed by atoms with van der Waals surface area (Å²) in [5.74, 6) is 0. The molecule has 0 aliphatic heterocycles. The molecule has 0 aliphatic carbocycles. The Balaban J connectivity index is 0. The van der Waals surface area contributed by atoms with Gasteiger partial charge in [0, 0.05) is 0 Å². The standard InChI is InChI=1S/Al.Li.O9Si4.O/c;;1-10(2)7-12(5)9-13(6)8-11(3)4;/q2*+1;-2;. The maximum absolute atomic E-state index is 10.7. The van der Waals surface area contributed by atoms with Crippen LogP contribution in [-0.4, -0.2) is 52.2 Å². The van der Waals surface area contributed by atoms with E-state index in [2.05, 4.69) is 15.8 Å². The normalized spacial score (nSPS) is 7.50. The van der Waals surface area contributed by atoms with Gasteiger partial charge in [0.2, 0.25) is 0 Å². The Labute approximate surface area is 113 Å². The molecule has 0 aliphatic rings. The summed E-state index contributed by atoms with van der Waals surface area (Å²) < 4.78 is 66.8. The van der Waals surface area contributed by atoms with Crippen LogP contribution >= 0.6 is 0 Å². The summed E-state index contributed by atoms with van der Waals surface area (Å²) in [7, 11) is -14.0. The first-order valence-corrected chi connectivity index (χ1v) is 8.76. The van der Waals surface area contributed by atoms with Crippen LogP contribution in [0.25, 0.3) is 0 Å². The molecule has 0 saturated heterocycles. The van der Waals surface area contributed by atoms with Crippen LogP contribution in [0.5, 0.6) is 0 Å². The minimum absolute atomic E-state index is 0. The van der Waals surface area contributed by atoms with Gasteiger partial charge in [-0.3, -0.25) is 0 Å². The van der Waals surface area contributed by atoms with Gasteiger partial charge >= 0.3 is 113 Å². The second-order valence-corrected chi connectivity index (χ2v) is 7.11. The molecular weight excluding hydrogens is 306 g/mol. The van der Waals surface area contributed by atoms with Crippen molar-refractivity contribution in [2.75, 3.05) is 0 Å². The van der Waals surface area contributed by atoms with Crippen LogP contribution in [0.3, 0.4) is 0 Å². The monoisotopic (exact) mass is 306 g/mol. The first kappa shape index (κ1) is 18.4. The Morgan fingerprint density at radius 1 is 0.875 bits per heavy atom. The van der Waals surface area contributed by atoms with Crippen molar-refractivity contribution in [3.63, 3.8) is 0 Å². The van der Waals surface area contributed by atoms with E-state index in [-0.39, 0.29) is 18.9 Å². The SMILES string of the molecule is [Li+].[O]=[Al][O][Si](=O)O[Si](=O)O[Si](=O)O[Si](=O)[O-]. The molecule has 0 heterocycles. The Morgan fingerprint density at radius 2 is 1.31 bits per heavy atom. The van der Waals surface area contributed by atoms with Crippen molar-refractivity contribution in [1.29, 1.82) is 0 Å². The Bertz CT molecular complexity index is 312. The van der Waals surface area contributed by atoms with Gasteiger partial charge in [0.25, 0.3) is 0 Å². The van der Waals surface area contributed by atoms with Crippen molar-refractivity contribution in [1.82, 2.24) is 0 Å². The zero-order chi connectivity index (χ0) is 11.8. The molecule has 0 aromatic carbocycles. The molecule has 0 unspecified atom stereocenters. The first-order valence-electron chi connectivity index (χ1n) is 2.92. The van der Waals surface area contributed by atoms with E-state index in [4.69, 9.17) is 0 Å². The summed E-state index contributed by atoms with van der Waals surface area (Å²) in [6, 6.07) is 0. The topological polar surface area (TPSA) is 145 Å². The van der Waals surface area contributed by atoms with Gasteiger partial charge in [-0.1, -0.05) is 0 Å². The molecule has 0 fully saturated rings. The van der Waals surface area contributed by atoms with Crippen molar-refractivity contribution in [3.8, 4) is 0 Å². The molecule has 80 valence electrons. The van der Waals surface area contributed by atoms with E-state index in [1.807, 2.05) is 0 Å². The second-order valence-electron chi connectivity index (χ2n) is 1.52. The quantitative estimate of drug-likeness (QED) is 0.396. The van der Waals surface area contributed by atoms with Gasteiger partial charge in [-0.2, -0.15) is 0 Å². The average molecular weight is 306 g/mol. The Morgan fingerprint density at radius 3 is 1.75 bits per heavy atom. The molecule has 0 spiro atoms. The zero-order valence-electron chi connectivity index (χ0n) is 7.66. The molecule has 0 N–H and O–H groups in total. The minimum atomic E-state index is -3.73. The first-order chi connectivity index (χ1) is 6.95. The second kappa shape index (κ2) is 10.2. The van der Waals surface area contributed by atoms with Crippen LogP contribution in [0.1, 0.15) is 0 Å². The molecule has 0 rings (SSSR count). The molecule has 16 heavy (non-hydrogen) atoms. The van der Waals surface area contributed by atoms with E-state index >= 15 is 0 Å². The van der Waals surface area contributed by atoms with E-state index in [9.17, 15) is 26.4 Å². The van der Waals surface area contributed by atoms with Gasteiger partial charge in [-0.25, -0.2) is 0 Å². The van der Waals surface area contributed by atoms with Gasteiger partial charge in [0.05, 0.1) is 0 Å². The van der Waals surface area contributed by atoms with Gasteiger partial charge in [0.15, 0.2) is 0 Å². The molecule has 0 amide bonds. The van der Waals surface area contributed by atoms with Crippen LogP contribution < -0.4 is 23.7 Å². The number of rotatable bonds is 8. The van der Waals surface area contributed by atoms with Gasteiger partial charge < -0.3 is 0 Å². The van der Waals surface area contributed by atoms with Crippen molar-refractivity contribution in [2.45, 2.75) is 0 Å². The summed E-state index contributed by atoms with van der Waals surface area (Å²) in [5.41, 5.74) is 0. The van der Waals surface area contributed by atoms with Crippen LogP contribution in [0, 0.1) is 0 Å². The predicted octanol–water partition coefficient (Wildman–Crippen LogP) is -6.96. The molecule has 0 atom stereocenters. The van der Waals surface area contributed by atoms with Gasteiger partial charge in [-0.05, 0) is 0 Å². The molecule has 16 heteroatoms. The van der Waals surface area contributed by atoms with E-state index in [1.165, 1.54) is 0 Å². The fourth-order valence-corrected chi connectivity index (χ4v) is 3.97. The van der Waals surface area contributed by atoms with E-state index in [1.54, 1.807) is 0 Å². The molecule has 0 bridgehead atoms. The van der Waals surface area contributed by atoms with Gasteiger partial charge in [-0.15, -0.1) is 0 Å². The van der Waals surface area contributed by atoms with Crippen molar-refractivity contribution in [3.05, 3.63) is 0 Å². The fraction of sp³-hybridized carbons (Fsp3) is 0. The van der Waals surface area contributed by atoms with E-state index < -0.39 is 52.2 Å². The summed E-state index contributed by atoms with van der Waals surface area (Å²) in [6.45, 7) is 0. The Hall–Kier alpha value is -0.00260. The summed E-state index contributed by atoms with van der Waals surface area (Å²) in [5, 5.41) is 0.